The van der Waals surface area contributed by atoms with Crippen LogP contribution in [0.3, 0.4) is 0 Å². The van der Waals surface area contributed by atoms with Gasteiger partial charge in [-0.15, -0.1) is 0 Å². The van der Waals surface area contributed by atoms with Gasteiger partial charge < -0.3 is 11.1 Å². The lowest BCUT2D eigenvalue weighted by Crippen LogP contribution is -2.14. The van der Waals surface area contributed by atoms with Crippen molar-refractivity contribution in [2.75, 3.05) is 5.32 Å². The highest BCUT2D eigenvalue weighted by Crippen LogP contribution is 2.36. The third-order valence-electron chi connectivity index (χ3n) is 2.70. The van der Waals surface area contributed by atoms with Crippen LogP contribution in [0.1, 0.15) is 12.0 Å². The van der Waals surface area contributed by atoms with E-state index in [1.807, 2.05) is 0 Å². The predicted octanol–water partition coefficient (Wildman–Crippen LogP) is 2.13. The van der Waals surface area contributed by atoms with E-state index in [1.54, 1.807) is 0 Å². The number of hydrogen-bond acceptors (Lipinski definition) is 4. The Kier molecular flexibility index (Phi) is 2.89. The lowest BCUT2D eigenvalue weighted by atomic mass is 10.1. The number of alkyl halides is 3. The number of benzene rings is 1. The number of halogens is 3. The van der Waals surface area contributed by atoms with E-state index in [1.165, 1.54) is 0 Å². The lowest BCUT2D eigenvalue weighted by Gasteiger charge is -2.10. The molecular weight excluding hydrogens is 251 g/mol. The summed E-state index contributed by atoms with van der Waals surface area (Å²) >= 11 is 0. The van der Waals surface area contributed by atoms with Crippen molar-refractivity contribution in [1.82, 2.24) is 0 Å². The lowest BCUT2D eigenvalue weighted by molar-refractivity contribution is -0.384. The smallest absolute Gasteiger partial charge is 0.375 e. The zero-order valence-electron chi connectivity index (χ0n) is 9.07. The SMILES string of the molecule is NC1CC1Nc1ccc(C(F)(F)F)cc1[N+](=O)[O-]. The van der Waals surface area contributed by atoms with E-state index in [4.69, 9.17) is 5.73 Å². The van der Waals surface area contributed by atoms with Crippen molar-refractivity contribution in [2.24, 2.45) is 5.73 Å². The molecule has 0 aromatic heterocycles. The van der Waals surface area contributed by atoms with Crippen molar-refractivity contribution in [3.63, 3.8) is 0 Å². The fraction of sp³-hybridized carbons (Fsp3) is 0.400. The molecule has 0 aliphatic heterocycles. The second-order valence-electron chi connectivity index (χ2n) is 4.14. The number of rotatable bonds is 3. The first kappa shape index (κ1) is 12.6. The summed E-state index contributed by atoms with van der Waals surface area (Å²) in [6, 6.07) is 2.18. The topological polar surface area (TPSA) is 81.2 Å². The molecule has 3 N–H and O–H groups in total. The van der Waals surface area contributed by atoms with E-state index in [9.17, 15) is 23.3 Å². The Bertz CT molecular complexity index is 490. The molecule has 2 unspecified atom stereocenters. The normalized spacial score (nSPS) is 22.7. The molecule has 8 heteroatoms. The number of nitro groups is 1. The summed E-state index contributed by atoms with van der Waals surface area (Å²) in [5, 5.41) is 13.5. The van der Waals surface area contributed by atoms with Crippen LogP contribution in [0.2, 0.25) is 0 Å². The fourth-order valence-electron chi connectivity index (χ4n) is 1.56. The summed E-state index contributed by atoms with van der Waals surface area (Å²) < 4.78 is 37.3. The number of nitrogens with one attached hydrogen (secondary N) is 1. The number of nitrogens with two attached hydrogens (primary N) is 1. The highest BCUT2D eigenvalue weighted by atomic mass is 19.4. The van der Waals surface area contributed by atoms with Gasteiger partial charge in [-0.25, -0.2) is 0 Å². The average Bonchev–Trinajstić information content (AvgIpc) is 2.92. The van der Waals surface area contributed by atoms with E-state index in [-0.39, 0.29) is 17.8 Å². The Labute approximate surface area is 99.9 Å². The highest BCUT2D eigenvalue weighted by molar-refractivity contribution is 5.64. The van der Waals surface area contributed by atoms with Gasteiger partial charge in [0.25, 0.3) is 5.69 Å². The van der Waals surface area contributed by atoms with Gasteiger partial charge in [0.05, 0.1) is 10.5 Å². The van der Waals surface area contributed by atoms with Crippen molar-refractivity contribution < 1.29 is 18.1 Å². The van der Waals surface area contributed by atoms with E-state index >= 15 is 0 Å². The minimum atomic E-state index is -4.60. The van der Waals surface area contributed by atoms with E-state index in [0.29, 0.717) is 12.5 Å². The molecule has 1 saturated carbocycles. The minimum Gasteiger partial charge on any atom is -0.375 e. The van der Waals surface area contributed by atoms with Gasteiger partial charge in [-0.05, 0) is 18.6 Å². The van der Waals surface area contributed by atoms with Crippen molar-refractivity contribution in [3.05, 3.63) is 33.9 Å². The molecule has 5 nitrogen and oxygen atoms in total. The molecule has 2 rings (SSSR count). The van der Waals surface area contributed by atoms with Crippen LogP contribution in [0, 0.1) is 10.1 Å². The number of nitro benzene ring substituents is 1. The Balaban J connectivity index is 2.32. The molecule has 1 aromatic carbocycles. The Morgan fingerprint density at radius 2 is 2.06 bits per heavy atom. The maximum atomic E-state index is 12.4. The molecule has 1 aliphatic carbocycles. The van der Waals surface area contributed by atoms with Gasteiger partial charge in [-0.2, -0.15) is 13.2 Å². The third kappa shape index (κ3) is 2.53. The van der Waals surface area contributed by atoms with Crippen molar-refractivity contribution >= 4 is 11.4 Å². The standard InChI is InChI=1S/C10H10F3N3O2/c11-10(12,13)5-1-2-7(9(3-5)16(17)18)15-8-4-6(8)14/h1-3,6,8,15H,4,14H2. The Hall–Kier alpha value is -1.83. The molecular formula is C10H10F3N3O2. The highest BCUT2D eigenvalue weighted by Gasteiger charge is 2.36. The quantitative estimate of drug-likeness (QED) is 0.645. The van der Waals surface area contributed by atoms with Crippen molar-refractivity contribution in [2.45, 2.75) is 24.7 Å². The zero-order chi connectivity index (χ0) is 13.5. The molecule has 98 valence electrons. The third-order valence-corrected chi connectivity index (χ3v) is 2.70. The van der Waals surface area contributed by atoms with Gasteiger partial charge in [-0.3, -0.25) is 10.1 Å². The molecule has 1 aliphatic rings. The summed E-state index contributed by atoms with van der Waals surface area (Å²) in [5.74, 6) is 0. The Morgan fingerprint density at radius 1 is 1.44 bits per heavy atom. The molecule has 0 bridgehead atoms. The van der Waals surface area contributed by atoms with Crippen LogP contribution in [0.4, 0.5) is 24.5 Å². The molecule has 0 amide bonds. The Morgan fingerprint density at radius 3 is 2.50 bits per heavy atom. The van der Waals surface area contributed by atoms with Crippen molar-refractivity contribution in [1.29, 1.82) is 0 Å². The molecule has 0 spiro atoms. The molecule has 1 aromatic rings. The van der Waals surface area contributed by atoms with Crippen LogP contribution in [0.5, 0.6) is 0 Å². The predicted molar refractivity (Wildman–Crippen MR) is 58.1 cm³/mol. The molecule has 0 saturated heterocycles. The second-order valence-corrected chi connectivity index (χ2v) is 4.14. The summed E-state index contributed by atoms with van der Waals surface area (Å²) in [4.78, 5) is 9.91. The zero-order valence-corrected chi connectivity index (χ0v) is 9.07. The van der Waals surface area contributed by atoms with Crippen molar-refractivity contribution in [3.8, 4) is 0 Å². The molecule has 1 fully saturated rings. The second kappa shape index (κ2) is 4.13. The largest absolute Gasteiger partial charge is 0.416 e. The summed E-state index contributed by atoms with van der Waals surface area (Å²) in [7, 11) is 0. The summed E-state index contributed by atoms with van der Waals surface area (Å²) in [5.41, 5.74) is 3.95. The first-order valence-electron chi connectivity index (χ1n) is 5.17. The summed E-state index contributed by atoms with van der Waals surface area (Å²) in [6.45, 7) is 0. The summed E-state index contributed by atoms with van der Waals surface area (Å²) in [6.07, 6.45) is -3.95. The van der Waals surface area contributed by atoms with Gasteiger partial charge in [0, 0.05) is 18.2 Å². The first-order chi connectivity index (χ1) is 8.29. The number of hydrogen-bond donors (Lipinski definition) is 2. The minimum absolute atomic E-state index is 0.0611. The van der Waals surface area contributed by atoms with E-state index in [2.05, 4.69) is 5.32 Å². The van der Waals surface area contributed by atoms with Gasteiger partial charge in [-0.1, -0.05) is 0 Å². The molecule has 18 heavy (non-hydrogen) atoms. The van der Waals surface area contributed by atoms with Crippen LogP contribution < -0.4 is 11.1 Å². The van der Waals surface area contributed by atoms with Crippen LogP contribution >= 0.6 is 0 Å². The van der Waals surface area contributed by atoms with E-state index < -0.39 is 22.4 Å². The fourth-order valence-corrected chi connectivity index (χ4v) is 1.56. The average molecular weight is 261 g/mol. The first-order valence-corrected chi connectivity index (χ1v) is 5.17. The number of nitrogens with zero attached hydrogens (tertiary/aromatic N) is 1. The van der Waals surface area contributed by atoms with Gasteiger partial charge in [0.2, 0.25) is 0 Å². The monoisotopic (exact) mass is 261 g/mol. The molecule has 2 atom stereocenters. The van der Waals surface area contributed by atoms with Crippen LogP contribution in [0.25, 0.3) is 0 Å². The molecule has 0 radical (unpaired) electrons. The van der Waals surface area contributed by atoms with E-state index in [0.717, 1.165) is 12.1 Å². The van der Waals surface area contributed by atoms with Crippen LogP contribution in [-0.2, 0) is 6.18 Å². The van der Waals surface area contributed by atoms with Crippen LogP contribution in [0.15, 0.2) is 18.2 Å². The molecule has 0 heterocycles. The van der Waals surface area contributed by atoms with Gasteiger partial charge >= 0.3 is 6.18 Å². The van der Waals surface area contributed by atoms with Gasteiger partial charge in [0.15, 0.2) is 0 Å². The number of anilines is 1. The van der Waals surface area contributed by atoms with Gasteiger partial charge in [0.1, 0.15) is 5.69 Å². The maximum absolute atomic E-state index is 12.4. The maximum Gasteiger partial charge on any atom is 0.416 e. The van der Waals surface area contributed by atoms with Crippen LogP contribution in [-0.4, -0.2) is 17.0 Å².